The highest BCUT2D eigenvalue weighted by Gasteiger charge is 2.28. The van der Waals surface area contributed by atoms with Crippen LogP contribution in [0, 0.1) is 0 Å². The number of nitrogens with zero attached hydrogens (tertiary/aromatic N) is 2. The molecule has 0 spiro atoms. The van der Waals surface area contributed by atoms with Gasteiger partial charge in [-0.1, -0.05) is 77.8 Å². The molecule has 1 fully saturated rings. The summed E-state index contributed by atoms with van der Waals surface area (Å²) in [4.78, 5) is 5.01. The van der Waals surface area contributed by atoms with Gasteiger partial charge in [-0.25, -0.2) is 13.4 Å². The van der Waals surface area contributed by atoms with Crippen molar-refractivity contribution in [2.75, 3.05) is 26.7 Å². The Kier molecular flexibility index (Phi) is 7.20. The van der Waals surface area contributed by atoms with E-state index in [1.165, 1.54) is 5.56 Å². The zero-order valence-electron chi connectivity index (χ0n) is 17.7. The number of piperazine rings is 1. The van der Waals surface area contributed by atoms with Crippen LogP contribution in [0.2, 0.25) is 10.0 Å². The van der Waals surface area contributed by atoms with Crippen LogP contribution >= 0.6 is 23.2 Å². The first kappa shape index (κ1) is 23.2. The van der Waals surface area contributed by atoms with Crippen LogP contribution in [0.25, 0.3) is 11.1 Å². The molecular formula is C24H25Cl2N3O2S. The van der Waals surface area contributed by atoms with Crippen LogP contribution in [0.4, 0.5) is 0 Å². The Labute approximate surface area is 199 Å². The van der Waals surface area contributed by atoms with Gasteiger partial charge in [-0.3, -0.25) is 4.90 Å². The first-order chi connectivity index (χ1) is 15.3. The highest BCUT2D eigenvalue weighted by molar-refractivity contribution is 7.88. The lowest BCUT2D eigenvalue weighted by atomic mass is 10.0. The summed E-state index contributed by atoms with van der Waals surface area (Å²) in [5.74, 6) is -0.149. The molecule has 0 aliphatic carbocycles. The van der Waals surface area contributed by atoms with E-state index >= 15 is 0 Å². The van der Waals surface area contributed by atoms with Crippen molar-refractivity contribution in [2.24, 2.45) is 0 Å². The summed E-state index contributed by atoms with van der Waals surface area (Å²) < 4.78 is 25.9. The van der Waals surface area contributed by atoms with E-state index in [9.17, 15) is 8.42 Å². The molecule has 3 aromatic carbocycles. The van der Waals surface area contributed by atoms with Crippen molar-refractivity contribution in [3.05, 3.63) is 94.0 Å². The number of halogens is 2. The fourth-order valence-corrected chi connectivity index (χ4v) is 5.69. The molecule has 1 aliphatic heterocycles. The van der Waals surface area contributed by atoms with E-state index in [2.05, 4.69) is 28.9 Å². The second-order valence-corrected chi connectivity index (χ2v) is 10.5. The minimum Gasteiger partial charge on any atom is -0.297 e. The molecule has 0 bridgehead atoms. The maximum absolute atomic E-state index is 13.0. The number of hydrogen-bond acceptors (Lipinski definition) is 4. The number of benzene rings is 3. The van der Waals surface area contributed by atoms with Crippen LogP contribution < -0.4 is 4.83 Å². The summed E-state index contributed by atoms with van der Waals surface area (Å²) in [6, 6.07) is 22.9. The van der Waals surface area contributed by atoms with Crippen LogP contribution in [0.5, 0.6) is 0 Å². The molecule has 0 amide bonds. The van der Waals surface area contributed by atoms with Crippen molar-refractivity contribution in [3.8, 4) is 11.1 Å². The minimum absolute atomic E-state index is 0.120. The van der Waals surface area contributed by atoms with Gasteiger partial charge in [-0.05, 0) is 36.4 Å². The highest BCUT2D eigenvalue weighted by atomic mass is 35.5. The van der Waals surface area contributed by atoms with Gasteiger partial charge in [0.2, 0.25) is 10.0 Å². The third-order valence-corrected chi connectivity index (χ3v) is 7.56. The molecule has 1 N–H and O–H groups in total. The summed E-state index contributed by atoms with van der Waals surface area (Å²) in [5.41, 5.74) is 3.30. The van der Waals surface area contributed by atoms with E-state index in [1.807, 2.05) is 36.4 Å². The van der Waals surface area contributed by atoms with Gasteiger partial charge < -0.3 is 0 Å². The molecule has 3 aromatic rings. The molecule has 5 nitrogen and oxygen atoms in total. The third kappa shape index (κ3) is 5.52. The highest BCUT2D eigenvalue weighted by Crippen LogP contribution is 2.34. The van der Waals surface area contributed by atoms with Gasteiger partial charge >= 0.3 is 0 Å². The van der Waals surface area contributed by atoms with Gasteiger partial charge in [0.25, 0.3) is 0 Å². The largest absolute Gasteiger partial charge is 0.297 e. The fraction of sp³-hybridized carbons (Fsp3) is 0.250. The molecule has 8 heteroatoms. The summed E-state index contributed by atoms with van der Waals surface area (Å²) in [6.07, 6.45) is 0. The van der Waals surface area contributed by atoms with Gasteiger partial charge in [-0.15, -0.1) is 4.83 Å². The van der Waals surface area contributed by atoms with E-state index in [-0.39, 0.29) is 11.8 Å². The van der Waals surface area contributed by atoms with Crippen molar-refractivity contribution < 1.29 is 8.42 Å². The van der Waals surface area contributed by atoms with E-state index < -0.39 is 10.0 Å². The topological polar surface area (TPSA) is 52.6 Å². The Morgan fingerprint density at radius 3 is 2.34 bits per heavy atom. The second-order valence-electron chi connectivity index (χ2n) is 8.00. The Morgan fingerprint density at radius 1 is 0.906 bits per heavy atom. The lowest BCUT2D eigenvalue weighted by molar-refractivity contribution is 0.0802. The molecule has 1 saturated heterocycles. The Bertz CT molecular complexity index is 1190. The van der Waals surface area contributed by atoms with Crippen LogP contribution in [-0.4, -0.2) is 45.0 Å². The molecule has 1 aliphatic rings. The number of rotatable bonds is 6. The second kappa shape index (κ2) is 9.91. The molecule has 1 unspecified atom stereocenters. The fourth-order valence-electron chi connectivity index (χ4n) is 3.99. The Morgan fingerprint density at radius 2 is 1.59 bits per heavy atom. The maximum atomic E-state index is 13.0. The lowest BCUT2D eigenvalue weighted by Gasteiger charge is -2.39. The minimum atomic E-state index is -3.60. The molecular weight excluding hydrogens is 465 g/mol. The quantitative estimate of drug-likeness (QED) is 0.530. The molecule has 1 heterocycles. The van der Waals surface area contributed by atoms with Crippen LogP contribution in [0.15, 0.2) is 72.8 Å². The van der Waals surface area contributed by atoms with Crippen LogP contribution in [0.3, 0.4) is 0 Å². The average Bonchev–Trinajstić information content (AvgIpc) is 2.77. The molecule has 168 valence electrons. The molecule has 0 aromatic heterocycles. The first-order valence-corrected chi connectivity index (χ1v) is 12.8. The first-order valence-electron chi connectivity index (χ1n) is 10.4. The van der Waals surface area contributed by atoms with Gasteiger partial charge in [-0.2, -0.15) is 0 Å². The van der Waals surface area contributed by atoms with E-state index in [0.29, 0.717) is 34.3 Å². The molecule has 32 heavy (non-hydrogen) atoms. The smallest absolute Gasteiger partial charge is 0.228 e. The maximum Gasteiger partial charge on any atom is 0.228 e. The third-order valence-electron chi connectivity index (χ3n) is 5.65. The molecule has 1 atom stereocenters. The number of sulfonamides is 1. The summed E-state index contributed by atoms with van der Waals surface area (Å²) in [6.45, 7) is 1.95. The monoisotopic (exact) mass is 489 g/mol. The summed E-state index contributed by atoms with van der Waals surface area (Å²) in [7, 11) is -1.53. The van der Waals surface area contributed by atoms with E-state index in [0.717, 1.165) is 12.1 Å². The Hall–Kier alpha value is -1.93. The van der Waals surface area contributed by atoms with E-state index in [4.69, 9.17) is 23.2 Å². The molecule has 4 rings (SSSR count). The SMILES string of the molecule is CN1CCN(NS(=O)(=O)Cc2ccc(Cl)c(-c3ccccc3Cl)c2)CC1c1ccccc1. The van der Waals surface area contributed by atoms with Crippen molar-refractivity contribution >= 4 is 33.2 Å². The number of likely N-dealkylation sites (N-methyl/N-ethyl adjacent to an activating group) is 1. The predicted molar refractivity (Wildman–Crippen MR) is 131 cm³/mol. The Balaban J connectivity index is 1.49. The number of nitrogens with one attached hydrogen (secondary N) is 1. The summed E-state index contributed by atoms with van der Waals surface area (Å²) in [5, 5.41) is 2.88. The number of hydrazine groups is 1. The lowest BCUT2D eigenvalue weighted by Crippen LogP contribution is -2.53. The summed E-state index contributed by atoms with van der Waals surface area (Å²) >= 11 is 12.7. The zero-order chi connectivity index (χ0) is 22.7. The van der Waals surface area contributed by atoms with Gasteiger partial charge in [0.1, 0.15) is 0 Å². The number of hydrogen-bond donors (Lipinski definition) is 1. The van der Waals surface area contributed by atoms with Gasteiger partial charge in [0.15, 0.2) is 0 Å². The zero-order valence-corrected chi connectivity index (χ0v) is 20.0. The van der Waals surface area contributed by atoms with Gasteiger partial charge in [0, 0.05) is 46.8 Å². The normalized spacial score (nSPS) is 18.0. The van der Waals surface area contributed by atoms with Crippen molar-refractivity contribution in [1.82, 2.24) is 14.7 Å². The average molecular weight is 490 g/mol. The van der Waals surface area contributed by atoms with Crippen molar-refractivity contribution in [2.45, 2.75) is 11.8 Å². The molecule has 0 radical (unpaired) electrons. The molecule has 0 saturated carbocycles. The standard InChI is InChI=1S/C24H25Cl2N3O2S/c1-28-13-14-29(16-24(28)19-7-3-2-4-8-19)27-32(30,31)17-18-11-12-23(26)21(15-18)20-9-5-6-10-22(20)25/h2-12,15,24,27H,13-14,16-17H2,1H3. The van der Waals surface area contributed by atoms with Crippen molar-refractivity contribution in [1.29, 1.82) is 0 Å². The van der Waals surface area contributed by atoms with Crippen LogP contribution in [-0.2, 0) is 15.8 Å². The van der Waals surface area contributed by atoms with E-state index in [1.54, 1.807) is 29.3 Å². The predicted octanol–water partition coefficient (Wildman–Crippen LogP) is 4.98. The van der Waals surface area contributed by atoms with Gasteiger partial charge in [0.05, 0.1) is 5.75 Å². The van der Waals surface area contributed by atoms with Crippen LogP contribution in [0.1, 0.15) is 17.2 Å². The van der Waals surface area contributed by atoms with Crippen molar-refractivity contribution in [3.63, 3.8) is 0 Å².